The zero-order valence-corrected chi connectivity index (χ0v) is 14.2. The van der Waals surface area contributed by atoms with Gasteiger partial charge in [0, 0.05) is 6.08 Å². The average molecular weight is 376 g/mol. The van der Waals surface area contributed by atoms with E-state index < -0.39 is 24.4 Å². The van der Waals surface area contributed by atoms with E-state index in [0.717, 1.165) is 0 Å². The van der Waals surface area contributed by atoms with Gasteiger partial charge in [0.1, 0.15) is 11.9 Å². The number of nitrogens with zero attached hydrogens (tertiary/aromatic N) is 1. The average Bonchev–Trinajstić information content (AvgIpc) is 2.65. The van der Waals surface area contributed by atoms with Crippen molar-refractivity contribution >= 4 is 12.0 Å². The molecule has 2 aromatic rings. The highest BCUT2D eigenvalue weighted by atomic mass is 19.3. The molecule has 140 valence electrons. The maximum absolute atomic E-state index is 12.9. The monoisotopic (exact) mass is 376 g/mol. The molecule has 0 fully saturated rings. The first kappa shape index (κ1) is 19.8. The van der Waals surface area contributed by atoms with Gasteiger partial charge in [-0.25, -0.2) is 4.39 Å². The van der Waals surface area contributed by atoms with Crippen molar-refractivity contribution in [2.24, 2.45) is 0 Å². The van der Waals surface area contributed by atoms with Crippen molar-refractivity contribution in [3.63, 3.8) is 0 Å². The quantitative estimate of drug-likeness (QED) is 0.746. The van der Waals surface area contributed by atoms with E-state index in [2.05, 4.69) is 10.1 Å². The van der Waals surface area contributed by atoms with Gasteiger partial charge < -0.3 is 14.8 Å². The summed E-state index contributed by atoms with van der Waals surface area (Å²) in [5, 5.41) is 11.7. The number of nitrogens with one attached hydrogen (secondary N) is 1. The Morgan fingerprint density at radius 2 is 1.89 bits per heavy atom. The van der Waals surface area contributed by atoms with Crippen LogP contribution in [0.3, 0.4) is 0 Å². The summed E-state index contributed by atoms with van der Waals surface area (Å²) in [4.78, 5) is 12.0. The van der Waals surface area contributed by atoms with Gasteiger partial charge in [-0.15, -0.1) is 0 Å². The van der Waals surface area contributed by atoms with Gasteiger partial charge in [-0.2, -0.15) is 14.0 Å². The number of halogens is 3. The zero-order valence-electron chi connectivity index (χ0n) is 14.2. The van der Waals surface area contributed by atoms with Gasteiger partial charge in [-0.3, -0.25) is 4.79 Å². The number of alkyl halides is 2. The normalized spacial score (nSPS) is 11.9. The van der Waals surface area contributed by atoms with Crippen LogP contribution in [0.1, 0.15) is 17.2 Å². The van der Waals surface area contributed by atoms with Crippen LogP contribution in [0.25, 0.3) is 6.08 Å². The molecule has 2 rings (SSSR count). The molecule has 0 saturated heterocycles. The minimum atomic E-state index is -2.99. The van der Waals surface area contributed by atoms with Crippen LogP contribution in [0.4, 0.5) is 13.2 Å². The van der Waals surface area contributed by atoms with Crippen molar-refractivity contribution in [2.75, 3.05) is 7.11 Å². The van der Waals surface area contributed by atoms with E-state index in [9.17, 15) is 23.2 Å². The molecule has 8 heteroatoms. The molecule has 0 heterocycles. The lowest BCUT2D eigenvalue weighted by molar-refractivity contribution is -0.116. The molecular weight excluding hydrogens is 361 g/mol. The molecule has 1 amide bonds. The molecule has 1 atom stereocenters. The SMILES string of the molecule is COc1cc(/C=C/C(=O)N[C@H](C#N)c2ccc(F)cc2)ccc1OC(F)F. The molecule has 0 bridgehead atoms. The van der Waals surface area contributed by atoms with Crippen LogP contribution in [-0.2, 0) is 4.79 Å². The summed E-state index contributed by atoms with van der Waals surface area (Å²) in [6.45, 7) is -2.99. The number of rotatable bonds is 7. The highest BCUT2D eigenvalue weighted by Gasteiger charge is 2.13. The molecule has 1 N–H and O–H groups in total. The first-order chi connectivity index (χ1) is 12.9. The Bertz CT molecular complexity index is 861. The van der Waals surface area contributed by atoms with E-state index in [-0.39, 0.29) is 11.5 Å². The zero-order chi connectivity index (χ0) is 19.8. The first-order valence-corrected chi connectivity index (χ1v) is 7.69. The number of carbonyl (C=O) groups is 1. The van der Waals surface area contributed by atoms with Crippen molar-refractivity contribution < 1.29 is 27.4 Å². The molecule has 0 aromatic heterocycles. The fourth-order valence-corrected chi connectivity index (χ4v) is 2.19. The maximum atomic E-state index is 12.9. The second kappa shape index (κ2) is 9.29. The molecule has 27 heavy (non-hydrogen) atoms. The highest BCUT2D eigenvalue weighted by Crippen LogP contribution is 2.29. The van der Waals surface area contributed by atoms with E-state index in [4.69, 9.17) is 4.74 Å². The maximum Gasteiger partial charge on any atom is 0.387 e. The van der Waals surface area contributed by atoms with Crippen molar-refractivity contribution in [3.8, 4) is 17.6 Å². The van der Waals surface area contributed by atoms with E-state index >= 15 is 0 Å². The lowest BCUT2D eigenvalue weighted by Gasteiger charge is -2.11. The van der Waals surface area contributed by atoms with Gasteiger partial charge in [0.2, 0.25) is 5.91 Å². The van der Waals surface area contributed by atoms with Crippen LogP contribution >= 0.6 is 0 Å². The molecule has 0 aliphatic carbocycles. The van der Waals surface area contributed by atoms with E-state index in [1.807, 2.05) is 6.07 Å². The highest BCUT2D eigenvalue weighted by molar-refractivity contribution is 5.92. The van der Waals surface area contributed by atoms with Crippen molar-refractivity contribution in [1.29, 1.82) is 5.26 Å². The molecule has 0 radical (unpaired) electrons. The molecule has 5 nitrogen and oxygen atoms in total. The summed E-state index contributed by atoms with van der Waals surface area (Å²) in [6.07, 6.45) is 2.60. The number of nitriles is 1. The van der Waals surface area contributed by atoms with Gasteiger partial charge in [-0.1, -0.05) is 18.2 Å². The number of amides is 1. The Hall–Kier alpha value is -3.47. The summed E-state index contributed by atoms with van der Waals surface area (Å²) in [5.74, 6) is -1.05. The molecule has 0 aliphatic heterocycles. The van der Waals surface area contributed by atoms with Crippen molar-refractivity contribution in [2.45, 2.75) is 12.7 Å². The largest absolute Gasteiger partial charge is 0.493 e. The smallest absolute Gasteiger partial charge is 0.387 e. The van der Waals surface area contributed by atoms with Crippen molar-refractivity contribution in [3.05, 3.63) is 65.5 Å². The minimum absolute atomic E-state index is 0.0825. The molecule has 0 saturated carbocycles. The summed E-state index contributed by atoms with van der Waals surface area (Å²) in [5.41, 5.74) is 0.940. The Kier molecular flexibility index (Phi) is 6.83. The van der Waals surface area contributed by atoms with Crippen LogP contribution in [0, 0.1) is 17.1 Å². The Morgan fingerprint density at radius 1 is 1.19 bits per heavy atom. The topological polar surface area (TPSA) is 71.3 Å². The van der Waals surface area contributed by atoms with Crippen LogP contribution in [0.15, 0.2) is 48.5 Å². The van der Waals surface area contributed by atoms with Gasteiger partial charge in [-0.05, 0) is 41.5 Å². The number of benzene rings is 2. The molecular formula is C19H15F3N2O3. The predicted molar refractivity (Wildman–Crippen MR) is 91.6 cm³/mol. The molecule has 0 spiro atoms. The van der Waals surface area contributed by atoms with E-state index in [1.54, 1.807) is 0 Å². The fourth-order valence-electron chi connectivity index (χ4n) is 2.19. The summed E-state index contributed by atoms with van der Waals surface area (Å²) in [7, 11) is 1.30. The second-order valence-electron chi connectivity index (χ2n) is 5.24. The molecule has 0 unspecified atom stereocenters. The van der Waals surface area contributed by atoms with Gasteiger partial charge in [0.25, 0.3) is 0 Å². The number of ether oxygens (including phenoxy) is 2. The van der Waals surface area contributed by atoms with Crippen LogP contribution in [0.2, 0.25) is 0 Å². The third-order valence-electron chi connectivity index (χ3n) is 3.45. The predicted octanol–water partition coefficient (Wildman–Crippen LogP) is 3.83. The van der Waals surface area contributed by atoms with Gasteiger partial charge >= 0.3 is 6.61 Å². The van der Waals surface area contributed by atoms with Gasteiger partial charge in [0.05, 0.1) is 13.2 Å². The van der Waals surface area contributed by atoms with E-state index in [0.29, 0.717) is 11.1 Å². The fraction of sp³-hybridized carbons (Fsp3) is 0.158. The van der Waals surface area contributed by atoms with Crippen molar-refractivity contribution in [1.82, 2.24) is 5.32 Å². The third kappa shape index (κ3) is 5.78. The summed E-state index contributed by atoms with van der Waals surface area (Å²) in [6, 6.07) is 10.3. The summed E-state index contributed by atoms with van der Waals surface area (Å²) >= 11 is 0. The number of hydrogen-bond acceptors (Lipinski definition) is 4. The van der Waals surface area contributed by atoms with E-state index in [1.165, 1.54) is 61.7 Å². The summed E-state index contributed by atoms with van der Waals surface area (Å²) < 4.78 is 46.9. The first-order valence-electron chi connectivity index (χ1n) is 7.69. The number of carbonyl (C=O) groups excluding carboxylic acids is 1. The second-order valence-corrected chi connectivity index (χ2v) is 5.24. The number of hydrogen-bond donors (Lipinski definition) is 1. The lowest BCUT2D eigenvalue weighted by atomic mass is 10.1. The standard InChI is InChI=1S/C19H15F3N2O3/c1-26-17-10-12(2-8-16(17)27-19(21)22)3-9-18(25)24-15(11-23)13-4-6-14(20)7-5-13/h2-10,15,19H,1H3,(H,24,25)/b9-3+/t15-/m1/s1. The third-order valence-corrected chi connectivity index (χ3v) is 3.45. The van der Waals surface area contributed by atoms with Gasteiger partial charge in [0.15, 0.2) is 11.5 Å². The Balaban J connectivity index is 2.07. The molecule has 0 aliphatic rings. The lowest BCUT2D eigenvalue weighted by Crippen LogP contribution is -2.25. The Labute approximate surface area is 153 Å². The van der Waals surface area contributed by atoms with Crippen LogP contribution in [0.5, 0.6) is 11.5 Å². The number of methoxy groups -OCH3 is 1. The molecule has 2 aromatic carbocycles. The van der Waals surface area contributed by atoms with Crippen LogP contribution < -0.4 is 14.8 Å². The Morgan fingerprint density at radius 3 is 2.48 bits per heavy atom. The van der Waals surface area contributed by atoms with Crippen LogP contribution in [-0.4, -0.2) is 19.6 Å². The minimum Gasteiger partial charge on any atom is -0.493 e.